The number of hydrogen-bond donors (Lipinski definition) is 1. The molecule has 2 aliphatic heterocycles. The summed E-state index contributed by atoms with van der Waals surface area (Å²) in [6, 6.07) is 17.7. The highest BCUT2D eigenvalue weighted by molar-refractivity contribution is 5.97. The number of para-hydroxylation sites is 1. The van der Waals surface area contributed by atoms with Crippen molar-refractivity contribution in [3.05, 3.63) is 78.4 Å². The molecule has 8 heteroatoms. The molecule has 0 bridgehead atoms. The number of pyridine rings is 2. The van der Waals surface area contributed by atoms with Crippen LogP contribution in [0.2, 0.25) is 0 Å². The lowest BCUT2D eigenvalue weighted by Gasteiger charge is -2.37. The topological polar surface area (TPSA) is 56.8 Å². The second kappa shape index (κ2) is 10.2. The van der Waals surface area contributed by atoms with Crippen LogP contribution in [-0.4, -0.2) is 62.5 Å². The summed E-state index contributed by atoms with van der Waals surface area (Å²) in [4.78, 5) is 16.4. The van der Waals surface area contributed by atoms with E-state index in [0.29, 0.717) is 24.1 Å². The van der Waals surface area contributed by atoms with Crippen molar-refractivity contribution in [1.82, 2.24) is 9.97 Å². The molecule has 37 heavy (non-hydrogen) atoms. The largest absolute Gasteiger partial charge is 0.378 e. The molecule has 0 radical (unpaired) electrons. The van der Waals surface area contributed by atoms with Gasteiger partial charge in [-0.25, -0.2) is 9.37 Å². The molecule has 2 aromatic heterocycles. The van der Waals surface area contributed by atoms with Crippen LogP contribution < -0.4 is 20.0 Å². The van der Waals surface area contributed by atoms with E-state index >= 15 is 4.39 Å². The quantitative estimate of drug-likeness (QED) is 0.416. The molecular weight excluding hydrogens is 467 g/mol. The first-order chi connectivity index (χ1) is 18.2. The van der Waals surface area contributed by atoms with Crippen LogP contribution in [0, 0.1) is 12.7 Å². The summed E-state index contributed by atoms with van der Waals surface area (Å²) in [5.74, 6) is 0.610. The predicted octanol–water partition coefficient (Wildman–Crippen LogP) is 4.98. The number of anilines is 5. The van der Waals surface area contributed by atoms with Gasteiger partial charge in [-0.1, -0.05) is 24.3 Å². The van der Waals surface area contributed by atoms with Crippen LogP contribution in [0.4, 0.5) is 33.0 Å². The molecular formula is C29H31FN6O. The standard InChI is InChI=1S/C29H31FN6O/c1-21-28(32-22-18-24(20-31-19-22)35-14-16-37-17-15-35)27-25(30)8-5-9-26(27)33-29(21)36-12-10-34(11-13-36)23-6-3-2-4-7-23/h2-9,18-20H,10-17H2,1H3,(H,32,33). The number of nitrogens with one attached hydrogen (secondary N) is 1. The Kier molecular flexibility index (Phi) is 6.49. The van der Waals surface area contributed by atoms with Gasteiger partial charge >= 0.3 is 0 Å². The minimum atomic E-state index is -0.284. The molecule has 6 rings (SSSR count). The molecule has 1 N–H and O–H groups in total. The van der Waals surface area contributed by atoms with E-state index in [-0.39, 0.29) is 5.82 Å². The average Bonchev–Trinajstić information content (AvgIpc) is 2.96. The molecule has 4 aromatic rings. The summed E-state index contributed by atoms with van der Waals surface area (Å²) in [5, 5.41) is 4.02. The number of rotatable bonds is 5. The van der Waals surface area contributed by atoms with E-state index in [1.165, 1.54) is 11.8 Å². The number of ether oxygens (including phenoxy) is 1. The van der Waals surface area contributed by atoms with Crippen molar-refractivity contribution in [2.75, 3.05) is 72.5 Å². The van der Waals surface area contributed by atoms with E-state index < -0.39 is 0 Å². The summed E-state index contributed by atoms with van der Waals surface area (Å²) in [6.07, 6.45) is 3.65. The maximum atomic E-state index is 15.2. The number of piperazine rings is 1. The van der Waals surface area contributed by atoms with Gasteiger partial charge in [-0.3, -0.25) is 4.98 Å². The molecule has 2 aromatic carbocycles. The first-order valence-electron chi connectivity index (χ1n) is 12.9. The van der Waals surface area contributed by atoms with Crippen LogP contribution in [0.25, 0.3) is 10.9 Å². The van der Waals surface area contributed by atoms with Gasteiger partial charge in [0.1, 0.15) is 11.6 Å². The molecule has 4 heterocycles. The fraction of sp³-hybridized carbons (Fsp3) is 0.310. The molecule has 0 amide bonds. The molecule has 2 saturated heterocycles. The van der Waals surface area contributed by atoms with E-state index in [4.69, 9.17) is 9.72 Å². The highest BCUT2D eigenvalue weighted by Gasteiger charge is 2.23. The van der Waals surface area contributed by atoms with E-state index in [0.717, 1.165) is 67.7 Å². The minimum absolute atomic E-state index is 0.284. The first kappa shape index (κ1) is 23.5. The summed E-state index contributed by atoms with van der Waals surface area (Å²) < 4.78 is 20.7. The Morgan fingerprint density at radius 3 is 2.32 bits per heavy atom. The third kappa shape index (κ3) is 4.76. The van der Waals surface area contributed by atoms with Crippen molar-refractivity contribution in [1.29, 1.82) is 0 Å². The van der Waals surface area contributed by atoms with Crippen LogP contribution >= 0.6 is 0 Å². The van der Waals surface area contributed by atoms with Gasteiger partial charge in [-0.05, 0) is 37.3 Å². The number of aromatic nitrogens is 2. The zero-order valence-electron chi connectivity index (χ0n) is 21.0. The number of hydrogen-bond acceptors (Lipinski definition) is 7. The third-order valence-electron chi connectivity index (χ3n) is 7.25. The van der Waals surface area contributed by atoms with Crippen LogP contribution in [0.3, 0.4) is 0 Å². The van der Waals surface area contributed by atoms with Crippen LogP contribution in [0.1, 0.15) is 5.56 Å². The Bertz CT molecular complexity index is 1380. The molecule has 0 spiro atoms. The Morgan fingerprint density at radius 2 is 1.54 bits per heavy atom. The maximum Gasteiger partial charge on any atom is 0.134 e. The Labute approximate surface area is 216 Å². The van der Waals surface area contributed by atoms with E-state index in [1.807, 2.05) is 25.3 Å². The second-order valence-corrected chi connectivity index (χ2v) is 9.54. The Balaban J connectivity index is 1.32. The summed E-state index contributed by atoms with van der Waals surface area (Å²) in [5.41, 5.74) is 5.41. The molecule has 7 nitrogen and oxygen atoms in total. The second-order valence-electron chi connectivity index (χ2n) is 9.54. The zero-order chi connectivity index (χ0) is 25.2. The lowest BCUT2D eigenvalue weighted by atomic mass is 10.1. The smallest absolute Gasteiger partial charge is 0.134 e. The van der Waals surface area contributed by atoms with Gasteiger partial charge in [0.15, 0.2) is 0 Å². The van der Waals surface area contributed by atoms with Gasteiger partial charge in [0.05, 0.1) is 53.6 Å². The van der Waals surface area contributed by atoms with Crippen molar-refractivity contribution >= 4 is 39.5 Å². The Morgan fingerprint density at radius 1 is 0.811 bits per heavy atom. The van der Waals surface area contributed by atoms with Crippen LogP contribution in [0.5, 0.6) is 0 Å². The first-order valence-corrected chi connectivity index (χ1v) is 12.9. The van der Waals surface area contributed by atoms with Gasteiger partial charge < -0.3 is 24.8 Å². The van der Waals surface area contributed by atoms with Crippen molar-refractivity contribution < 1.29 is 9.13 Å². The van der Waals surface area contributed by atoms with E-state index in [2.05, 4.69) is 55.3 Å². The number of nitrogens with zero attached hydrogens (tertiary/aromatic N) is 5. The zero-order valence-corrected chi connectivity index (χ0v) is 21.0. The fourth-order valence-corrected chi connectivity index (χ4v) is 5.27. The minimum Gasteiger partial charge on any atom is -0.378 e. The van der Waals surface area contributed by atoms with Crippen molar-refractivity contribution in [2.24, 2.45) is 0 Å². The number of fused-ring (bicyclic) bond motifs is 1. The molecule has 190 valence electrons. The summed E-state index contributed by atoms with van der Waals surface area (Å²) in [7, 11) is 0. The van der Waals surface area contributed by atoms with Gasteiger partial charge in [0, 0.05) is 50.5 Å². The molecule has 0 aliphatic carbocycles. The van der Waals surface area contributed by atoms with E-state index in [9.17, 15) is 0 Å². The lowest BCUT2D eigenvalue weighted by molar-refractivity contribution is 0.122. The normalized spacial score (nSPS) is 16.3. The molecule has 2 aliphatic rings. The van der Waals surface area contributed by atoms with Gasteiger partial charge in [0.2, 0.25) is 0 Å². The van der Waals surface area contributed by atoms with Gasteiger partial charge in [0.25, 0.3) is 0 Å². The van der Waals surface area contributed by atoms with Crippen molar-refractivity contribution in [3.63, 3.8) is 0 Å². The van der Waals surface area contributed by atoms with Gasteiger partial charge in [-0.2, -0.15) is 0 Å². The van der Waals surface area contributed by atoms with Crippen molar-refractivity contribution in [2.45, 2.75) is 6.92 Å². The molecule has 0 saturated carbocycles. The fourth-order valence-electron chi connectivity index (χ4n) is 5.27. The monoisotopic (exact) mass is 498 g/mol. The molecule has 0 atom stereocenters. The maximum absolute atomic E-state index is 15.2. The highest BCUT2D eigenvalue weighted by atomic mass is 19.1. The van der Waals surface area contributed by atoms with E-state index in [1.54, 1.807) is 12.3 Å². The van der Waals surface area contributed by atoms with Crippen LogP contribution in [0.15, 0.2) is 67.0 Å². The molecule has 0 unspecified atom stereocenters. The predicted molar refractivity (Wildman–Crippen MR) is 148 cm³/mol. The van der Waals surface area contributed by atoms with Gasteiger partial charge in [-0.15, -0.1) is 0 Å². The number of benzene rings is 2. The van der Waals surface area contributed by atoms with Crippen LogP contribution in [-0.2, 0) is 4.74 Å². The number of morpholine rings is 1. The summed E-state index contributed by atoms with van der Waals surface area (Å²) >= 11 is 0. The third-order valence-corrected chi connectivity index (χ3v) is 7.25. The average molecular weight is 499 g/mol. The summed E-state index contributed by atoms with van der Waals surface area (Å²) in [6.45, 7) is 8.59. The SMILES string of the molecule is Cc1c(N2CCN(c3ccccc3)CC2)nc2cccc(F)c2c1Nc1cncc(N2CCOCC2)c1. The molecule has 2 fully saturated rings. The number of halogens is 1. The highest BCUT2D eigenvalue weighted by Crippen LogP contribution is 2.37. The van der Waals surface area contributed by atoms with Crippen molar-refractivity contribution in [3.8, 4) is 0 Å². The lowest BCUT2D eigenvalue weighted by Crippen LogP contribution is -2.47. The Hall–Kier alpha value is -3.91.